The first-order valence-electron chi connectivity index (χ1n) is 6.33. The average molecular weight is 320 g/mol. The largest absolute Gasteiger partial charge is 0.489 e. The molecule has 1 unspecified atom stereocenters. The summed E-state index contributed by atoms with van der Waals surface area (Å²) in [4.78, 5) is 0. The van der Waals surface area contributed by atoms with Crippen LogP contribution in [-0.2, 0) is 6.61 Å². The topological polar surface area (TPSA) is 21.3 Å². The fourth-order valence-corrected chi connectivity index (χ4v) is 2.26. The second kappa shape index (κ2) is 6.73. The standard InChI is InChI=1S/C16H18BrNO/c1-12(18-2)14-6-8-16(9-7-14)19-11-13-4-3-5-15(17)10-13/h3-10,12,18H,11H2,1-2H3. The Kier molecular flexibility index (Phi) is 5.00. The first-order valence-corrected chi connectivity index (χ1v) is 7.13. The summed E-state index contributed by atoms with van der Waals surface area (Å²) >= 11 is 3.46. The molecule has 0 aromatic heterocycles. The van der Waals surface area contributed by atoms with Crippen LogP contribution in [-0.4, -0.2) is 7.05 Å². The SMILES string of the molecule is CNC(C)c1ccc(OCc2cccc(Br)c2)cc1. The van der Waals surface area contributed by atoms with Crippen LogP contribution in [0, 0.1) is 0 Å². The highest BCUT2D eigenvalue weighted by Crippen LogP contribution is 2.19. The third-order valence-corrected chi connectivity index (χ3v) is 3.60. The molecule has 2 aromatic rings. The van der Waals surface area contributed by atoms with Gasteiger partial charge in [-0.1, -0.05) is 40.2 Å². The van der Waals surface area contributed by atoms with Crippen molar-refractivity contribution >= 4 is 15.9 Å². The third kappa shape index (κ3) is 4.08. The highest BCUT2D eigenvalue weighted by atomic mass is 79.9. The molecule has 2 rings (SSSR count). The molecule has 0 heterocycles. The van der Waals surface area contributed by atoms with Crippen LogP contribution in [0.15, 0.2) is 53.0 Å². The first-order chi connectivity index (χ1) is 9.19. The van der Waals surface area contributed by atoms with Crippen molar-refractivity contribution in [3.05, 3.63) is 64.1 Å². The van der Waals surface area contributed by atoms with Crippen molar-refractivity contribution in [3.8, 4) is 5.75 Å². The van der Waals surface area contributed by atoms with Crippen LogP contribution in [0.25, 0.3) is 0 Å². The minimum absolute atomic E-state index is 0.360. The minimum atomic E-state index is 0.360. The highest BCUT2D eigenvalue weighted by molar-refractivity contribution is 9.10. The van der Waals surface area contributed by atoms with Crippen molar-refractivity contribution in [2.75, 3.05) is 7.05 Å². The predicted molar refractivity (Wildman–Crippen MR) is 82.4 cm³/mol. The van der Waals surface area contributed by atoms with Crippen LogP contribution in [0.1, 0.15) is 24.1 Å². The first kappa shape index (κ1) is 14.1. The van der Waals surface area contributed by atoms with Gasteiger partial charge in [0.25, 0.3) is 0 Å². The van der Waals surface area contributed by atoms with Gasteiger partial charge in [0.15, 0.2) is 0 Å². The summed E-state index contributed by atoms with van der Waals surface area (Å²) in [5.74, 6) is 0.895. The number of benzene rings is 2. The molecule has 3 heteroatoms. The minimum Gasteiger partial charge on any atom is -0.489 e. The van der Waals surface area contributed by atoms with Crippen molar-refractivity contribution in [1.82, 2.24) is 5.32 Å². The zero-order valence-corrected chi connectivity index (χ0v) is 12.8. The van der Waals surface area contributed by atoms with E-state index in [-0.39, 0.29) is 0 Å². The van der Waals surface area contributed by atoms with E-state index in [4.69, 9.17) is 4.74 Å². The molecule has 0 bridgehead atoms. The summed E-state index contributed by atoms with van der Waals surface area (Å²) in [7, 11) is 1.96. The predicted octanol–water partition coefficient (Wildman–Crippen LogP) is 4.31. The smallest absolute Gasteiger partial charge is 0.119 e. The molecular formula is C16H18BrNO. The summed E-state index contributed by atoms with van der Waals surface area (Å²) in [5.41, 5.74) is 2.42. The van der Waals surface area contributed by atoms with E-state index >= 15 is 0 Å². The van der Waals surface area contributed by atoms with Crippen molar-refractivity contribution in [1.29, 1.82) is 0 Å². The van der Waals surface area contributed by atoms with Crippen LogP contribution in [0.3, 0.4) is 0 Å². The molecule has 1 N–H and O–H groups in total. The lowest BCUT2D eigenvalue weighted by molar-refractivity contribution is 0.306. The van der Waals surface area contributed by atoms with Crippen LogP contribution < -0.4 is 10.1 Å². The Morgan fingerprint density at radius 1 is 1.16 bits per heavy atom. The lowest BCUT2D eigenvalue weighted by atomic mass is 10.1. The quantitative estimate of drug-likeness (QED) is 0.886. The fraction of sp³-hybridized carbons (Fsp3) is 0.250. The molecule has 100 valence electrons. The Balaban J connectivity index is 1.96. The number of rotatable bonds is 5. The van der Waals surface area contributed by atoms with Gasteiger partial charge in [-0.25, -0.2) is 0 Å². The Morgan fingerprint density at radius 2 is 1.89 bits per heavy atom. The zero-order valence-electron chi connectivity index (χ0n) is 11.2. The second-order valence-electron chi connectivity index (χ2n) is 4.50. The molecule has 0 saturated heterocycles. The van der Waals surface area contributed by atoms with E-state index in [1.807, 2.05) is 31.3 Å². The fourth-order valence-electron chi connectivity index (χ4n) is 1.81. The number of nitrogens with one attached hydrogen (secondary N) is 1. The number of halogens is 1. The summed E-state index contributed by atoms with van der Waals surface area (Å²) in [6.45, 7) is 2.72. The number of ether oxygens (including phenoxy) is 1. The Bertz CT molecular complexity index is 525. The number of hydrogen-bond acceptors (Lipinski definition) is 2. The molecule has 1 atom stereocenters. The normalized spacial score (nSPS) is 12.2. The maximum Gasteiger partial charge on any atom is 0.119 e. The van der Waals surface area contributed by atoms with Crippen molar-refractivity contribution in [2.45, 2.75) is 19.6 Å². The Hall–Kier alpha value is -1.32. The van der Waals surface area contributed by atoms with Gasteiger partial charge in [-0.15, -0.1) is 0 Å². The average Bonchev–Trinajstić information content (AvgIpc) is 2.45. The van der Waals surface area contributed by atoms with Gasteiger partial charge in [-0.3, -0.25) is 0 Å². The van der Waals surface area contributed by atoms with Crippen molar-refractivity contribution in [2.24, 2.45) is 0 Å². The Morgan fingerprint density at radius 3 is 2.53 bits per heavy atom. The van der Waals surface area contributed by atoms with Gasteiger partial charge in [-0.2, -0.15) is 0 Å². The van der Waals surface area contributed by atoms with E-state index in [1.54, 1.807) is 0 Å². The van der Waals surface area contributed by atoms with E-state index in [0.717, 1.165) is 15.8 Å². The third-order valence-electron chi connectivity index (χ3n) is 3.11. The molecule has 0 aliphatic rings. The molecule has 2 nitrogen and oxygen atoms in total. The highest BCUT2D eigenvalue weighted by Gasteiger charge is 2.02. The summed E-state index contributed by atoms with van der Waals surface area (Å²) in [6, 6.07) is 16.7. The molecule has 0 saturated carbocycles. The molecule has 0 aliphatic heterocycles. The van der Waals surface area contributed by atoms with E-state index in [0.29, 0.717) is 12.6 Å². The maximum atomic E-state index is 5.77. The van der Waals surface area contributed by atoms with Gasteiger partial charge < -0.3 is 10.1 Å². The van der Waals surface area contributed by atoms with E-state index in [2.05, 4.69) is 52.4 Å². The molecule has 0 radical (unpaired) electrons. The van der Waals surface area contributed by atoms with Crippen molar-refractivity contribution < 1.29 is 4.74 Å². The molecular weight excluding hydrogens is 302 g/mol. The molecule has 0 aliphatic carbocycles. The number of hydrogen-bond donors (Lipinski definition) is 1. The van der Waals surface area contributed by atoms with E-state index in [1.165, 1.54) is 5.56 Å². The van der Waals surface area contributed by atoms with Gasteiger partial charge in [0, 0.05) is 10.5 Å². The van der Waals surface area contributed by atoms with E-state index < -0.39 is 0 Å². The summed E-state index contributed by atoms with van der Waals surface area (Å²) in [5, 5.41) is 3.22. The van der Waals surface area contributed by atoms with Gasteiger partial charge in [0.05, 0.1) is 0 Å². The van der Waals surface area contributed by atoms with Crippen LogP contribution >= 0.6 is 15.9 Å². The van der Waals surface area contributed by atoms with Crippen LogP contribution in [0.2, 0.25) is 0 Å². The molecule has 19 heavy (non-hydrogen) atoms. The summed E-state index contributed by atoms with van der Waals surface area (Å²) < 4.78 is 6.85. The molecule has 0 amide bonds. The van der Waals surface area contributed by atoms with Crippen LogP contribution in [0.5, 0.6) is 5.75 Å². The van der Waals surface area contributed by atoms with Gasteiger partial charge in [0.1, 0.15) is 12.4 Å². The lowest BCUT2D eigenvalue weighted by Gasteiger charge is -2.12. The van der Waals surface area contributed by atoms with Crippen LogP contribution in [0.4, 0.5) is 0 Å². The molecule has 0 spiro atoms. The monoisotopic (exact) mass is 319 g/mol. The van der Waals surface area contributed by atoms with E-state index in [9.17, 15) is 0 Å². The molecule has 2 aromatic carbocycles. The van der Waals surface area contributed by atoms with Gasteiger partial charge >= 0.3 is 0 Å². The summed E-state index contributed by atoms with van der Waals surface area (Å²) in [6.07, 6.45) is 0. The second-order valence-corrected chi connectivity index (χ2v) is 5.41. The Labute approximate surface area is 122 Å². The van der Waals surface area contributed by atoms with Gasteiger partial charge in [-0.05, 0) is 49.4 Å². The van der Waals surface area contributed by atoms with Gasteiger partial charge in [0.2, 0.25) is 0 Å². The van der Waals surface area contributed by atoms with Crippen molar-refractivity contribution in [3.63, 3.8) is 0 Å². The lowest BCUT2D eigenvalue weighted by Crippen LogP contribution is -2.11. The zero-order chi connectivity index (χ0) is 13.7. The molecule has 0 fully saturated rings. The maximum absolute atomic E-state index is 5.77.